The molecule has 0 aromatic heterocycles. The fourth-order valence-corrected chi connectivity index (χ4v) is 4.05. The second-order valence-electron chi connectivity index (χ2n) is 4.30. The summed E-state index contributed by atoms with van der Waals surface area (Å²) in [6.07, 6.45) is 0. The lowest BCUT2D eigenvalue weighted by atomic mass is 10.3. The molecule has 0 saturated carbocycles. The highest BCUT2D eigenvalue weighted by atomic mass is 35.5. The number of halogens is 1. The smallest absolute Gasteiger partial charge is 0.245 e. The van der Waals surface area contributed by atoms with Gasteiger partial charge in [-0.3, -0.25) is 4.79 Å². The molecule has 2 rings (SSSR count). The number of sulfonamides is 1. The van der Waals surface area contributed by atoms with E-state index >= 15 is 0 Å². The number of amides is 1. The maximum Gasteiger partial charge on any atom is 0.245 e. The Labute approximate surface area is 121 Å². The first-order valence-corrected chi connectivity index (χ1v) is 7.60. The minimum Gasteiger partial charge on any atom is -0.399 e. The van der Waals surface area contributed by atoms with E-state index < -0.39 is 22.0 Å². The molecule has 1 amide bonds. The molecule has 1 fully saturated rings. The van der Waals surface area contributed by atoms with Crippen LogP contribution in [-0.4, -0.2) is 44.4 Å². The van der Waals surface area contributed by atoms with Gasteiger partial charge in [-0.25, -0.2) is 8.42 Å². The molecule has 1 aromatic carbocycles. The van der Waals surface area contributed by atoms with Crippen molar-refractivity contribution in [3.63, 3.8) is 0 Å². The first kappa shape index (κ1) is 15.0. The van der Waals surface area contributed by atoms with Crippen LogP contribution in [0, 0.1) is 0 Å². The summed E-state index contributed by atoms with van der Waals surface area (Å²) >= 11 is 5.93. The fourth-order valence-electron chi connectivity index (χ4n) is 1.95. The van der Waals surface area contributed by atoms with E-state index in [9.17, 15) is 13.2 Å². The molecule has 1 aromatic rings. The minimum atomic E-state index is -3.94. The van der Waals surface area contributed by atoms with Crippen LogP contribution in [0.15, 0.2) is 23.1 Å². The Bertz CT molecular complexity index is 635. The van der Waals surface area contributed by atoms with Gasteiger partial charge < -0.3 is 16.2 Å². The first-order valence-electron chi connectivity index (χ1n) is 5.78. The molecule has 0 radical (unpaired) electrons. The number of benzene rings is 1. The first-order chi connectivity index (χ1) is 9.34. The van der Waals surface area contributed by atoms with Gasteiger partial charge in [0.2, 0.25) is 15.9 Å². The van der Waals surface area contributed by atoms with Crippen molar-refractivity contribution in [3.8, 4) is 0 Å². The van der Waals surface area contributed by atoms with Crippen LogP contribution >= 0.6 is 11.6 Å². The van der Waals surface area contributed by atoms with E-state index in [1.54, 1.807) is 0 Å². The Kier molecular flexibility index (Phi) is 4.19. The van der Waals surface area contributed by atoms with E-state index in [0.29, 0.717) is 5.69 Å². The van der Waals surface area contributed by atoms with Crippen molar-refractivity contribution in [3.05, 3.63) is 23.2 Å². The lowest BCUT2D eigenvalue weighted by molar-refractivity contribution is -0.125. The summed E-state index contributed by atoms with van der Waals surface area (Å²) in [6.45, 7) is 0.160. The van der Waals surface area contributed by atoms with Crippen LogP contribution in [-0.2, 0) is 19.6 Å². The number of hydrogen-bond donors (Lipinski definition) is 2. The van der Waals surface area contributed by atoms with Gasteiger partial charge in [-0.05, 0) is 18.2 Å². The minimum absolute atomic E-state index is 0.000266. The molecule has 20 heavy (non-hydrogen) atoms. The summed E-state index contributed by atoms with van der Waals surface area (Å²) < 4.78 is 31.2. The molecule has 1 aliphatic heterocycles. The number of hydrogen-bond acceptors (Lipinski definition) is 5. The van der Waals surface area contributed by atoms with E-state index in [2.05, 4.69) is 0 Å². The number of primary amides is 1. The Hall–Kier alpha value is -1.35. The zero-order valence-corrected chi connectivity index (χ0v) is 12.0. The van der Waals surface area contributed by atoms with Crippen LogP contribution in [0.3, 0.4) is 0 Å². The van der Waals surface area contributed by atoms with Crippen molar-refractivity contribution in [1.82, 2.24) is 4.31 Å². The second kappa shape index (κ2) is 5.57. The summed E-state index contributed by atoms with van der Waals surface area (Å²) in [5, 5.41) is -0.000266. The van der Waals surface area contributed by atoms with E-state index in [-0.39, 0.29) is 29.7 Å². The Morgan fingerprint density at radius 3 is 2.75 bits per heavy atom. The van der Waals surface area contributed by atoms with Crippen molar-refractivity contribution in [2.45, 2.75) is 10.9 Å². The van der Waals surface area contributed by atoms with E-state index in [4.69, 9.17) is 27.8 Å². The topological polar surface area (TPSA) is 116 Å². The predicted molar refractivity (Wildman–Crippen MR) is 73.6 cm³/mol. The molecule has 1 heterocycles. The monoisotopic (exact) mass is 319 g/mol. The maximum absolute atomic E-state index is 12.6. The molecule has 1 unspecified atom stereocenters. The molecule has 4 N–H and O–H groups in total. The molecule has 1 atom stereocenters. The number of morpholine rings is 1. The molecule has 9 heteroatoms. The van der Waals surface area contributed by atoms with Crippen molar-refractivity contribution < 1.29 is 17.9 Å². The third kappa shape index (κ3) is 2.73. The summed E-state index contributed by atoms with van der Waals surface area (Å²) in [5.74, 6) is -0.764. The lowest BCUT2D eigenvalue weighted by Gasteiger charge is -2.32. The highest BCUT2D eigenvalue weighted by Crippen LogP contribution is 2.28. The number of carbonyl (C=O) groups is 1. The van der Waals surface area contributed by atoms with E-state index in [1.165, 1.54) is 18.2 Å². The average molecular weight is 320 g/mol. The van der Waals surface area contributed by atoms with Gasteiger partial charge in [0.05, 0.1) is 18.2 Å². The number of nitrogens with two attached hydrogens (primary N) is 2. The number of nitrogen functional groups attached to an aromatic ring is 1. The van der Waals surface area contributed by atoms with Gasteiger partial charge in [-0.1, -0.05) is 11.6 Å². The van der Waals surface area contributed by atoms with Crippen LogP contribution in [0.4, 0.5) is 5.69 Å². The Balaban J connectivity index is 2.45. The molecule has 0 bridgehead atoms. The van der Waals surface area contributed by atoms with Crippen molar-refractivity contribution in [2.24, 2.45) is 5.73 Å². The summed E-state index contributed by atoms with van der Waals surface area (Å²) in [7, 11) is -3.94. The number of nitrogens with zero attached hydrogens (tertiary/aromatic N) is 1. The summed E-state index contributed by atoms with van der Waals surface area (Å²) in [6, 6.07) is 3.04. The molecule has 0 spiro atoms. The van der Waals surface area contributed by atoms with Crippen LogP contribution in [0.5, 0.6) is 0 Å². The van der Waals surface area contributed by atoms with Crippen LogP contribution in [0.1, 0.15) is 0 Å². The van der Waals surface area contributed by atoms with Gasteiger partial charge in [0, 0.05) is 12.2 Å². The van der Waals surface area contributed by atoms with Gasteiger partial charge in [-0.15, -0.1) is 0 Å². The summed E-state index contributed by atoms with van der Waals surface area (Å²) in [4.78, 5) is 11.3. The Morgan fingerprint density at radius 2 is 2.15 bits per heavy atom. The van der Waals surface area contributed by atoms with E-state index in [0.717, 1.165) is 4.31 Å². The van der Waals surface area contributed by atoms with Gasteiger partial charge in [0.1, 0.15) is 10.9 Å². The molecule has 1 saturated heterocycles. The molecule has 0 aliphatic carbocycles. The second-order valence-corrected chi connectivity index (χ2v) is 6.56. The quantitative estimate of drug-likeness (QED) is 0.748. The predicted octanol–water partition coefficient (Wildman–Crippen LogP) is -0.203. The number of carbonyl (C=O) groups excluding carboxylic acids is 1. The SMILES string of the molecule is NC(=O)C1COCCN1S(=O)(=O)c1ccc(N)cc1Cl. The van der Waals surface area contributed by atoms with Crippen molar-refractivity contribution in [2.75, 3.05) is 25.5 Å². The molecular formula is C11H14ClN3O4S. The maximum atomic E-state index is 12.6. The largest absolute Gasteiger partial charge is 0.399 e. The zero-order chi connectivity index (χ0) is 14.9. The number of anilines is 1. The summed E-state index contributed by atoms with van der Waals surface area (Å²) in [5.41, 5.74) is 11.1. The van der Waals surface area contributed by atoms with Crippen LogP contribution < -0.4 is 11.5 Å². The molecule has 7 nitrogen and oxygen atoms in total. The highest BCUT2D eigenvalue weighted by Gasteiger charge is 2.38. The third-order valence-electron chi connectivity index (χ3n) is 2.95. The average Bonchev–Trinajstić information content (AvgIpc) is 2.38. The molecule has 110 valence electrons. The third-order valence-corrected chi connectivity index (χ3v) is 5.34. The Morgan fingerprint density at radius 1 is 1.45 bits per heavy atom. The van der Waals surface area contributed by atoms with Gasteiger partial charge >= 0.3 is 0 Å². The highest BCUT2D eigenvalue weighted by molar-refractivity contribution is 7.89. The number of ether oxygens (including phenoxy) is 1. The van der Waals surface area contributed by atoms with Crippen molar-refractivity contribution >= 4 is 33.2 Å². The van der Waals surface area contributed by atoms with E-state index in [1.807, 2.05) is 0 Å². The normalized spacial score (nSPS) is 20.8. The number of rotatable bonds is 3. The standard InChI is InChI=1S/C11H14ClN3O4S/c12-8-5-7(13)1-2-10(8)20(17,18)15-3-4-19-6-9(15)11(14)16/h1-2,5,9H,3-4,6,13H2,(H2,14,16). The van der Waals surface area contributed by atoms with Crippen molar-refractivity contribution in [1.29, 1.82) is 0 Å². The van der Waals surface area contributed by atoms with Gasteiger partial charge in [-0.2, -0.15) is 4.31 Å². The van der Waals surface area contributed by atoms with Crippen LogP contribution in [0.2, 0.25) is 5.02 Å². The van der Waals surface area contributed by atoms with Gasteiger partial charge in [0.25, 0.3) is 0 Å². The molecule has 1 aliphatic rings. The zero-order valence-electron chi connectivity index (χ0n) is 10.5. The lowest BCUT2D eigenvalue weighted by Crippen LogP contribution is -2.54. The van der Waals surface area contributed by atoms with Crippen LogP contribution in [0.25, 0.3) is 0 Å². The molecular weight excluding hydrogens is 306 g/mol. The fraction of sp³-hybridized carbons (Fsp3) is 0.364. The van der Waals surface area contributed by atoms with Gasteiger partial charge in [0.15, 0.2) is 0 Å².